The van der Waals surface area contributed by atoms with E-state index in [1.165, 1.54) is 12.8 Å². The Morgan fingerprint density at radius 2 is 2.29 bits per heavy atom. The fourth-order valence-electron chi connectivity index (χ4n) is 2.09. The highest BCUT2D eigenvalue weighted by Gasteiger charge is 2.42. The molecule has 1 atom stereocenters. The van der Waals surface area contributed by atoms with E-state index in [1.54, 1.807) is 0 Å². The second kappa shape index (κ2) is 3.54. The summed E-state index contributed by atoms with van der Waals surface area (Å²) in [6, 6.07) is 0.0994. The van der Waals surface area contributed by atoms with E-state index in [9.17, 15) is 4.79 Å². The van der Waals surface area contributed by atoms with Crippen molar-refractivity contribution in [1.29, 1.82) is 0 Å². The third-order valence-electron chi connectivity index (χ3n) is 3.39. The zero-order valence-corrected chi connectivity index (χ0v) is 9.18. The van der Waals surface area contributed by atoms with Gasteiger partial charge in [-0.25, -0.2) is 0 Å². The second-order valence-corrected chi connectivity index (χ2v) is 5.05. The standard InChI is InChI=1S/C11H20N2O/c1-3-4-9-10(14)13(8-12-9)7-11(2)5-6-11/h9,12H,3-8H2,1-2H3. The SMILES string of the molecule is CCCC1NCN(CC2(C)CC2)C1=O. The van der Waals surface area contributed by atoms with E-state index in [-0.39, 0.29) is 6.04 Å². The van der Waals surface area contributed by atoms with E-state index in [4.69, 9.17) is 0 Å². The maximum absolute atomic E-state index is 11.9. The molecule has 14 heavy (non-hydrogen) atoms. The molecule has 2 fully saturated rings. The Labute approximate surface area is 85.8 Å². The number of nitrogens with zero attached hydrogens (tertiary/aromatic N) is 1. The largest absolute Gasteiger partial charge is 0.328 e. The fraction of sp³-hybridized carbons (Fsp3) is 0.909. The smallest absolute Gasteiger partial charge is 0.240 e. The number of hydrogen-bond acceptors (Lipinski definition) is 2. The normalized spacial score (nSPS) is 29.7. The molecule has 0 spiro atoms. The van der Waals surface area contributed by atoms with Crippen LogP contribution in [0.1, 0.15) is 39.5 Å². The summed E-state index contributed by atoms with van der Waals surface area (Å²) in [4.78, 5) is 13.9. The van der Waals surface area contributed by atoms with Crippen LogP contribution >= 0.6 is 0 Å². The highest BCUT2D eigenvalue weighted by atomic mass is 16.2. The average molecular weight is 196 g/mol. The molecule has 0 aromatic carbocycles. The number of rotatable bonds is 4. The molecule has 0 aromatic heterocycles. The Kier molecular flexibility index (Phi) is 2.52. The molecule has 1 amide bonds. The summed E-state index contributed by atoms with van der Waals surface area (Å²) in [6.07, 6.45) is 4.63. The Hall–Kier alpha value is -0.570. The van der Waals surface area contributed by atoms with Crippen LogP contribution in [0.5, 0.6) is 0 Å². The summed E-state index contributed by atoms with van der Waals surface area (Å²) in [7, 11) is 0. The summed E-state index contributed by atoms with van der Waals surface area (Å²) in [5.74, 6) is 0.319. The minimum absolute atomic E-state index is 0.0994. The van der Waals surface area contributed by atoms with Crippen molar-refractivity contribution in [3.63, 3.8) is 0 Å². The second-order valence-electron chi connectivity index (χ2n) is 5.05. The molecule has 1 N–H and O–H groups in total. The zero-order valence-electron chi connectivity index (χ0n) is 9.18. The number of carbonyl (C=O) groups excluding carboxylic acids is 1. The Morgan fingerprint density at radius 3 is 2.86 bits per heavy atom. The Morgan fingerprint density at radius 1 is 1.57 bits per heavy atom. The maximum Gasteiger partial charge on any atom is 0.240 e. The lowest BCUT2D eigenvalue weighted by Crippen LogP contribution is -2.33. The van der Waals surface area contributed by atoms with Gasteiger partial charge in [0.15, 0.2) is 0 Å². The van der Waals surface area contributed by atoms with Gasteiger partial charge >= 0.3 is 0 Å². The molecule has 2 rings (SSSR count). The molecule has 1 aliphatic heterocycles. The predicted octanol–water partition coefficient (Wildman–Crippen LogP) is 1.34. The molecular weight excluding hydrogens is 176 g/mol. The van der Waals surface area contributed by atoms with E-state index in [0.717, 1.165) is 26.1 Å². The minimum atomic E-state index is 0.0994. The first kappa shape index (κ1) is 9.97. The molecule has 1 unspecified atom stereocenters. The predicted molar refractivity (Wildman–Crippen MR) is 55.8 cm³/mol. The van der Waals surface area contributed by atoms with Gasteiger partial charge in [0, 0.05) is 6.54 Å². The molecule has 3 heteroatoms. The van der Waals surface area contributed by atoms with Crippen molar-refractivity contribution in [2.24, 2.45) is 5.41 Å². The molecule has 1 saturated carbocycles. The Balaban J connectivity index is 1.86. The zero-order chi connectivity index (χ0) is 10.2. The lowest BCUT2D eigenvalue weighted by atomic mass is 10.1. The first-order chi connectivity index (χ1) is 6.64. The summed E-state index contributed by atoms with van der Waals surface area (Å²) >= 11 is 0. The highest BCUT2D eigenvalue weighted by Crippen LogP contribution is 2.45. The molecule has 0 radical (unpaired) electrons. The van der Waals surface area contributed by atoms with Gasteiger partial charge in [-0.1, -0.05) is 20.3 Å². The van der Waals surface area contributed by atoms with Gasteiger partial charge in [0.05, 0.1) is 12.7 Å². The summed E-state index contributed by atoms with van der Waals surface area (Å²) in [5.41, 5.74) is 0.443. The van der Waals surface area contributed by atoms with Gasteiger partial charge < -0.3 is 4.90 Å². The number of hydrogen-bond donors (Lipinski definition) is 1. The lowest BCUT2D eigenvalue weighted by molar-refractivity contribution is -0.129. The number of amides is 1. The molecule has 0 aromatic rings. The third-order valence-corrected chi connectivity index (χ3v) is 3.39. The Bertz CT molecular complexity index is 235. The van der Waals surface area contributed by atoms with Crippen molar-refractivity contribution in [2.45, 2.75) is 45.6 Å². The number of carbonyl (C=O) groups is 1. The van der Waals surface area contributed by atoms with E-state index in [2.05, 4.69) is 19.2 Å². The first-order valence-electron chi connectivity index (χ1n) is 5.67. The van der Waals surface area contributed by atoms with Crippen molar-refractivity contribution in [1.82, 2.24) is 10.2 Å². The van der Waals surface area contributed by atoms with Crippen molar-refractivity contribution < 1.29 is 4.79 Å². The average Bonchev–Trinajstić information content (AvgIpc) is 2.79. The van der Waals surface area contributed by atoms with Crippen LogP contribution in [0, 0.1) is 5.41 Å². The quantitative estimate of drug-likeness (QED) is 0.736. The molecule has 2 aliphatic rings. The molecule has 1 saturated heterocycles. The summed E-state index contributed by atoms with van der Waals surface area (Å²) in [5, 5.41) is 3.28. The fourth-order valence-corrected chi connectivity index (χ4v) is 2.09. The van der Waals surface area contributed by atoms with Crippen LogP contribution < -0.4 is 5.32 Å². The van der Waals surface area contributed by atoms with E-state index < -0.39 is 0 Å². The van der Waals surface area contributed by atoms with Crippen LogP contribution in [-0.2, 0) is 4.79 Å². The molecule has 1 heterocycles. The highest BCUT2D eigenvalue weighted by molar-refractivity contribution is 5.83. The van der Waals surface area contributed by atoms with Gasteiger partial charge in [0.2, 0.25) is 5.91 Å². The van der Waals surface area contributed by atoms with Gasteiger partial charge in [-0.05, 0) is 24.7 Å². The van der Waals surface area contributed by atoms with E-state index >= 15 is 0 Å². The lowest BCUT2D eigenvalue weighted by Gasteiger charge is -2.19. The van der Waals surface area contributed by atoms with E-state index in [0.29, 0.717) is 11.3 Å². The molecule has 3 nitrogen and oxygen atoms in total. The molecule has 1 aliphatic carbocycles. The van der Waals surface area contributed by atoms with Crippen LogP contribution in [0.3, 0.4) is 0 Å². The van der Waals surface area contributed by atoms with Crippen LogP contribution in [0.2, 0.25) is 0 Å². The maximum atomic E-state index is 11.9. The van der Waals surface area contributed by atoms with Gasteiger partial charge in [0.1, 0.15) is 0 Å². The van der Waals surface area contributed by atoms with Crippen LogP contribution in [0.25, 0.3) is 0 Å². The topological polar surface area (TPSA) is 32.3 Å². The molecular formula is C11H20N2O. The van der Waals surface area contributed by atoms with Crippen molar-refractivity contribution in [2.75, 3.05) is 13.2 Å². The monoisotopic (exact) mass is 196 g/mol. The van der Waals surface area contributed by atoms with Gasteiger partial charge in [-0.3, -0.25) is 10.1 Å². The van der Waals surface area contributed by atoms with Crippen molar-refractivity contribution in [3.8, 4) is 0 Å². The number of nitrogens with one attached hydrogen (secondary N) is 1. The minimum Gasteiger partial charge on any atom is -0.328 e. The van der Waals surface area contributed by atoms with Crippen LogP contribution in [0.15, 0.2) is 0 Å². The summed E-state index contributed by atoms with van der Waals surface area (Å²) < 4.78 is 0. The molecule has 0 bridgehead atoms. The first-order valence-corrected chi connectivity index (χ1v) is 5.67. The van der Waals surface area contributed by atoms with Gasteiger partial charge in [0.25, 0.3) is 0 Å². The summed E-state index contributed by atoms with van der Waals surface area (Å²) in [6.45, 7) is 6.12. The third kappa shape index (κ3) is 1.92. The van der Waals surface area contributed by atoms with Crippen LogP contribution in [-0.4, -0.2) is 30.1 Å². The van der Waals surface area contributed by atoms with Crippen molar-refractivity contribution >= 4 is 5.91 Å². The van der Waals surface area contributed by atoms with E-state index in [1.807, 2.05) is 4.90 Å². The van der Waals surface area contributed by atoms with Crippen LogP contribution in [0.4, 0.5) is 0 Å². The molecule has 80 valence electrons. The van der Waals surface area contributed by atoms with Gasteiger partial charge in [-0.15, -0.1) is 0 Å². The van der Waals surface area contributed by atoms with Gasteiger partial charge in [-0.2, -0.15) is 0 Å². The van der Waals surface area contributed by atoms with Crippen molar-refractivity contribution in [3.05, 3.63) is 0 Å².